The van der Waals surface area contributed by atoms with Gasteiger partial charge in [0.1, 0.15) is 0 Å². The molecule has 3 heterocycles. The fraction of sp³-hybridized carbons (Fsp3) is 0.375. The molecule has 1 amide bonds. The smallest absolute Gasteiger partial charge is 0.222 e. The van der Waals surface area contributed by atoms with E-state index in [0.717, 1.165) is 35.8 Å². The van der Waals surface area contributed by atoms with Gasteiger partial charge in [-0.1, -0.05) is 30.3 Å². The molecule has 0 unspecified atom stereocenters. The van der Waals surface area contributed by atoms with Crippen LogP contribution in [0.2, 0.25) is 0 Å². The van der Waals surface area contributed by atoms with E-state index in [1.807, 2.05) is 18.2 Å². The van der Waals surface area contributed by atoms with Crippen molar-refractivity contribution in [3.63, 3.8) is 0 Å². The molecule has 21 heavy (non-hydrogen) atoms. The number of nitrogens with one attached hydrogen (secondary N) is 1. The number of hydrogen-bond acceptors (Lipinski definition) is 4. The zero-order valence-corrected chi connectivity index (χ0v) is 12.5. The first kappa shape index (κ1) is 12.8. The lowest BCUT2D eigenvalue weighted by Gasteiger charge is -2.26. The SMILES string of the molecule is O=C1C[C@@H]2CC[C@H](CN1)N2c1nc(-c2ccccc2)cs1. The monoisotopic (exact) mass is 299 g/mol. The molecule has 0 saturated carbocycles. The summed E-state index contributed by atoms with van der Waals surface area (Å²) in [5, 5.41) is 6.18. The van der Waals surface area contributed by atoms with E-state index in [-0.39, 0.29) is 5.91 Å². The summed E-state index contributed by atoms with van der Waals surface area (Å²) < 4.78 is 0. The highest BCUT2D eigenvalue weighted by Crippen LogP contribution is 2.36. The molecule has 0 aliphatic carbocycles. The van der Waals surface area contributed by atoms with Crippen LogP contribution < -0.4 is 10.2 Å². The zero-order valence-electron chi connectivity index (χ0n) is 11.7. The van der Waals surface area contributed by atoms with E-state index in [1.165, 1.54) is 0 Å². The second-order valence-electron chi connectivity index (χ2n) is 5.68. The Morgan fingerprint density at radius 3 is 2.86 bits per heavy atom. The fourth-order valence-corrected chi connectivity index (χ4v) is 4.29. The van der Waals surface area contributed by atoms with E-state index in [4.69, 9.17) is 4.98 Å². The number of rotatable bonds is 2. The third-order valence-electron chi connectivity index (χ3n) is 4.36. The molecule has 2 aromatic rings. The lowest BCUT2D eigenvalue weighted by Crippen LogP contribution is -2.38. The van der Waals surface area contributed by atoms with Crippen molar-refractivity contribution in [3.8, 4) is 11.3 Å². The number of carbonyl (C=O) groups is 1. The van der Waals surface area contributed by atoms with Crippen LogP contribution >= 0.6 is 11.3 Å². The number of nitrogens with zero attached hydrogens (tertiary/aromatic N) is 2. The highest BCUT2D eigenvalue weighted by atomic mass is 32.1. The Morgan fingerprint density at radius 1 is 1.19 bits per heavy atom. The Hall–Kier alpha value is -1.88. The first-order valence-electron chi connectivity index (χ1n) is 7.37. The molecule has 1 aromatic carbocycles. The van der Waals surface area contributed by atoms with Crippen molar-refractivity contribution in [1.29, 1.82) is 0 Å². The molecule has 2 bridgehead atoms. The zero-order chi connectivity index (χ0) is 14.2. The highest BCUT2D eigenvalue weighted by molar-refractivity contribution is 7.14. The maximum absolute atomic E-state index is 11.7. The van der Waals surface area contributed by atoms with Gasteiger partial charge in [-0.05, 0) is 12.8 Å². The third-order valence-corrected chi connectivity index (χ3v) is 5.21. The summed E-state index contributed by atoms with van der Waals surface area (Å²) in [6.07, 6.45) is 2.83. The van der Waals surface area contributed by atoms with Gasteiger partial charge in [0.25, 0.3) is 0 Å². The van der Waals surface area contributed by atoms with Crippen molar-refractivity contribution < 1.29 is 4.79 Å². The van der Waals surface area contributed by atoms with Gasteiger partial charge in [-0.2, -0.15) is 0 Å². The first-order valence-corrected chi connectivity index (χ1v) is 8.25. The largest absolute Gasteiger partial charge is 0.354 e. The lowest BCUT2D eigenvalue weighted by molar-refractivity contribution is -0.121. The minimum Gasteiger partial charge on any atom is -0.354 e. The Bertz CT molecular complexity index is 655. The normalized spacial score (nSPS) is 24.8. The summed E-state index contributed by atoms with van der Waals surface area (Å²) in [6, 6.07) is 11.0. The summed E-state index contributed by atoms with van der Waals surface area (Å²) in [4.78, 5) is 18.9. The Kier molecular flexibility index (Phi) is 3.15. The topological polar surface area (TPSA) is 45.2 Å². The van der Waals surface area contributed by atoms with Crippen molar-refractivity contribution in [2.24, 2.45) is 0 Å². The molecule has 2 aliphatic rings. The van der Waals surface area contributed by atoms with Crippen molar-refractivity contribution >= 4 is 22.4 Å². The summed E-state index contributed by atoms with van der Waals surface area (Å²) in [5.41, 5.74) is 2.18. The van der Waals surface area contributed by atoms with E-state index >= 15 is 0 Å². The molecule has 4 nitrogen and oxygen atoms in total. The standard InChI is InChI=1S/C16H17N3OS/c20-15-8-12-6-7-13(9-17-15)19(12)16-18-14(10-21-16)11-4-2-1-3-5-11/h1-5,10,12-13H,6-9H2,(H,17,20)/t12-,13+/m0/s1. The van der Waals surface area contributed by atoms with Gasteiger partial charge in [-0.15, -0.1) is 11.3 Å². The van der Waals surface area contributed by atoms with Gasteiger partial charge in [-0.25, -0.2) is 4.98 Å². The van der Waals surface area contributed by atoms with Crippen molar-refractivity contribution in [3.05, 3.63) is 35.7 Å². The van der Waals surface area contributed by atoms with Gasteiger partial charge in [-0.3, -0.25) is 4.79 Å². The number of hydrogen-bond donors (Lipinski definition) is 1. The molecule has 1 N–H and O–H groups in total. The summed E-state index contributed by atoms with van der Waals surface area (Å²) in [7, 11) is 0. The number of amides is 1. The Morgan fingerprint density at radius 2 is 2.00 bits per heavy atom. The van der Waals surface area contributed by atoms with E-state index in [1.54, 1.807) is 11.3 Å². The summed E-state index contributed by atoms with van der Waals surface area (Å²) >= 11 is 1.68. The molecule has 2 aliphatic heterocycles. The van der Waals surface area contributed by atoms with Gasteiger partial charge in [0, 0.05) is 36.0 Å². The molecule has 0 spiro atoms. The molecular weight excluding hydrogens is 282 g/mol. The first-order chi connectivity index (χ1) is 10.3. The van der Waals surface area contributed by atoms with Gasteiger partial charge >= 0.3 is 0 Å². The Labute approximate surface area is 127 Å². The second kappa shape index (κ2) is 5.15. The van der Waals surface area contributed by atoms with Gasteiger partial charge in [0.2, 0.25) is 5.91 Å². The van der Waals surface area contributed by atoms with Crippen LogP contribution in [0.15, 0.2) is 35.7 Å². The number of carbonyl (C=O) groups excluding carboxylic acids is 1. The molecule has 5 heteroatoms. The molecule has 0 radical (unpaired) electrons. The lowest BCUT2D eigenvalue weighted by atomic mass is 10.1. The number of benzene rings is 1. The van der Waals surface area contributed by atoms with E-state index in [0.29, 0.717) is 18.5 Å². The van der Waals surface area contributed by atoms with E-state index < -0.39 is 0 Å². The molecular formula is C16H17N3OS. The summed E-state index contributed by atoms with van der Waals surface area (Å²) in [6.45, 7) is 0.746. The maximum atomic E-state index is 11.7. The number of anilines is 1. The van der Waals surface area contributed by atoms with Crippen molar-refractivity contribution in [2.45, 2.75) is 31.3 Å². The van der Waals surface area contributed by atoms with E-state index in [9.17, 15) is 4.79 Å². The predicted octanol–water partition coefficient (Wildman–Crippen LogP) is 2.67. The quantitative estimate of drug-likeness (QED) is 0.927. The maximum Gasteiger partial charge on any atom is 0.222 e. The van der Waals surface area contributed by atoms with Crippen LogP contribution in [0.3, 0.4) is 0 Å². The summed E-state index contributed by atoms with van der Waals surface area (Å²) in [5.74, 6) is 0.173. The fourth-order valence-electron chi connectivity index (χ4n) is 3.32. The van der Waals surface area contributed by atoms with Crippen LogP contribution in [-0.2, 0) is 4.79 Å². The van der Waals surface area contributed by atoms with Crippen LogP contribution in [-0.4, -0.2) is 29.5 Å². The Balaban J connectivity index is 1.65. The number of fused-ring (bicyclic) bond motifs is 2. The molecule has 2 atom stereocenters. The average molecular weight is 299 g/mol. The predicted molar refractivity (Wildman–Crippen MR) is 84.5 cm³/mol. The van der Waals surface area contributed by atoms with Crippen LogP contribution in [0.25, 0.3) is 11.3 Å². The van der Waals surface area contributed by atoms with Gasteiger partial charge in [0.15, 0.2) is 5.13 Å². The van der Waals surface area contributed by atoms with Crippen LogP contribution in [0, 0.1) is 0 Å². The molecule has 108 valence electrons. The van der Waals surface area contributed by atoms with Crippen LogP contribution in [0.4, 0.5) is 5.13 Å². The molecule has 2 fully saturated rings. The minimum absolute atomic E-state index is 0.173. The second-order valence-corrected chi connectivity index (χ2v) is 6.52. The van der Waals surface area contributed by atoms with Crippen LogP contribution in [0.5, 0.6) is 0 Å². The van der Waals surface area contributed by atoms with Crippen molar-refractivity contribution in [2.75, 3.05) is 11.4 Å². The molecule has 1 aromatic heterocycles. The highest BCUT2D eigenvalue weighted by Gasteiger charge is 2.38. The van der Waals surface area contributed by atoms with Gasteiger partial charge in [0.05, 0.1) is 5.69 Å². The third kappa shape index (κ3) is 2.31. The molecule has 2 saturated heterocycles. The van der Waals surface area contributed by atoms with Crippen LogP contribution in [0.1, 0.15) is 19.3 Å². The number of thiazole rings is 1. The number of aromatic nitrogens is 1. The average Bonchev–Trinajstić information content (AvgIpc) is 3.08. The molecule has 4 rings (SSSR count). The van der Waals surface area contributed by atoms with E-state index in [2.05, 4.69) is 27.7 Å². The minimum atomic E-state index is 0.173. The van der Waals surface area contributed by atoms with Gasteiger partial charge < -0.3 is 10.2 Å². The van der Waals surface area contributed by atoms with Crippen molar-refractivity contribution in [1.82, 2.24) is 10.3 Å².